The molecular weight excluding hydrogens is 164 g/mol. The van der Waals surface area contributed by atoms with Crippen molar-refractivity contribution in [3.05, 3.63) is 24.2 Å². The Morgan fingerprint density at radius 2 is 2.31 bits per heavy atom. The number of furan rings is 1. The molecule has 0 radical (unpaired) electrons. The van der Waals surface area contributed by atoms with Gasteiger partial charge in [-0.2, -0.15) is 0 Å². The van der Waals surface area contributed by atoms with Crippen molar-refractivity contribution in [3.8, 4) is 0 Å². The van der Waals surface area contributed by atoms with E-state index in [1.54, 1.807) is 6.26 Å². The van der Waals surface area contributed by atoms with Crippen LogP contribution in [0.15, 0.2) is 22.8 Å². The summed E-state index contributed by atoms with van der Waals surface area (Å²) in [7, 11) is 0. The first-order chi connectivity index (χ1) is 6.24. The molecule has 1 aromatic rings. The standard InChI is InChI=1S/C11H18O2/c1-3-5-9(2)11(12)8-10-6-4-7-13-10/h4,6-7,9,11-12H,3,5,8H2,1-2H3. The molecule has 0 aromatic carbocycles. The van der Waals surface area contributed by atoms with Crippen molar-refractivity contribution in [2.24, 2.45) is 5.92 Å². The third-order valence-corrected chi connectivity index (χ3v) is 2.39. The predicted octanol–water partition coefficient (Wildman–Crippen LogP) is 2.62. The molecule has 0 bridgehead atoms. The van der Waals surface area contributed by atoms with Crippen LogP contribution in [0.1, 0.15) is 32.4 Å². The van der Waals surface area contributed by atoms with Crippen LogP contribution in [-0.4, -0.2) is 11.2 Å². The van der Waals surface area contributed by atoms with E-state index in [0.717, 1.165) is 18.6 Å². The van der Waals surface area contributed by atoms with Crippen molar-refractivity contribution in [2.45, 2.75) is 39.2 Å². The maximum Gasteiger partial charge on any atom is 0.106 e. The summed E-state index contributed by atoms with van der Waals surface area (Å²) in [6, 6.07) is 3.76. The molecule has 2 heteroatoms. The molecule has 0 fully saturated rings. The van der Waals surface area contributed by atoms with E-state index in [0.29, 0.717) is 12.3 Å². The van der Waals surface area contributed by atoms with Gasteiger partial charge in [-0.15, -0.1) is 0 Å². The van der Waals surface area contributed by atoms with Crippen LogP contribution in [0.5, 0.6) is 0 Å². The lowest BCUT2D eigenvalue weighted by molar-refractivity contribution is 0.106. The molecule has 1 heterocycles. The Bertz CT molecular complexity index is 216. The van der Waals surface area contributed by atoms with Crippen LogP contribution in [0, 0.1) is 5.92 Å². The molecule has 13 heavy (non-hydrogen) atoms. The van der Waals surface area contributed by atoms with Gasteiger partial charge in [0.05, 0.1) is 12.4 Å². The van der Waals surface area contributed by atoms with E-state index in [9.17, 15) is 5.11 Å². The first kappa shape index (κ1) is 10.3. The van der Waals surface area contributed by atoms with Crippen LogP contribution in [0.4, 0.5) is 0 Å². The highest BCUT2D eigenvalue weighted by Crippen LogP contribution is 2.15. The lowest BCUT2D eigenvalue weighted by atomic mass is 9.96. The lowest BCUT2D eigenvalue weighted by Gasteiger charge is -2.16. The summed E-state index contributed by atoms with van der Waals surface area (Å²) in [6.45, 7) is 4.22. The van der Waals surface area contributed by atoms with Crippen LogP contribution in [0.25, 0.3) is 0 Å². The maximum absolute atomic E-state index is 9.76. The summed E-state index contributed by atoms with van der Waals surface area (Å²) in [5.74, 6) is 1.23. The average Bonchev–Trinajstić information content (AvgIpc) is 2.57. The minimum Gasteiger partial charge on any atom is -0.469 e. The van der Waals surface area contributed by atoms with Gasteiger partial charge >= 0.3 is 0 Å². The fourth-order valence-electron chi connectivity index (χ4n) is 1.48. The Labute approximate surface area is 79.6 Å². The van der Waals surface area contributed by atoms with Gasteiger partial charge in [-0.1, -0.05) is 20.3 Å². The molecule has 0 aliphatic carbocycles. The number of aliphatic hydroxyl groups excluding tert-OH is 1. The molecule has 0 aliphatic rings. The zero-order valence-electron chi connectivity index (χ0n) is 8.36. The highest BCUT2D eigenvalue weighted by Gasteiger charge is 2.14. The second-order valence-corrected chi connectivity index (χ2v) is 3.62. The Balaban J connectivity index is 2.36. The molecule has 0 saturated heterocycles. The molecule has 1 rings (SSSR count). The van der Waals surface area contributed by atoms with Gasteiger partial charge in [0.1, 0.15) is 5.76 Å². The Hall–Kier alpha value is -0.760. The van der Waals surface area contributed by atoms with Gasteiger partial charge in [-0.25, -0.2) is 0 Å². The third-order valence-electron chi connectivity index (χ3n) is 2.39. The minimum absolute atomic E-state index is 0.272. The summed E-state index contributed by atoms with van der Waals surface area (Å²) >= 11 is 0. The van der Waals surface area contributed by atoms with E-state index in [1.165, 1.54) is 0 Å². The number of hydrogen-bond acceptors (Lipinski definition) is 2. The summed E-state index contributed by atoms with van der Waals surface area (Å²) in [4.78, 5) is 0. The molecule has 1 aromatic heterocycles. The zero-order chi connectivity index (χ0) is 9.68. The zero-order valence-corrected chi connectivity index (χ0v) is 8.36. The van der Waals surface area contributed by atoms with Gasteiger partial charge in [0.25, 0.3) is 0 Å². The lowest BCUT2D eigenvalue weighted by Crippen LogP contribution is -2.19. The minimum atomic E-state index is -0.272. The largest absolute Gasteiger partial charge is 0.469 e. The molecule has 0 amide bonds. The van der Waals surface area contributed by atoms with Crippen LogP contribution in [0.2, 0.25) is 0 Å². The van der Waals surface area contributed by atoms with Crippen molar-refractivity contribution >= 4 is 0 Å². The molecule has 0 saturated carbocycles. The summed E-state index contributed by atoms with van der Waals surface area (Å²) in [5.41, 5.74) is 0. The Morgan fingerprint density at radius 1 is 1.54 bits per heavy atom. The molecule has 1 N–H and O–H groups in total. The first-order valence-corrected chi connectivity index (χ1v) is 4.94. The van der Waals surface area contributed by atoms with Crippen LogP contribution < -0.4 is 0 Å². The van der Waals surface area contributed by atoms with E-state index >= 15 is 0 Å². The van der Waals surface area contributed by atoms with Gasteiger partial charge in [0.2, 0.25) is 0 Å². The van der Waals surface area contributed by atoms with Crippen molar-refractivity contribution in [3.63, 3.8) is 0 Å². The smallest absolute Gasteiger partial charge is 0.106 e. The molecular formula is C11H18O2. The second-order valence-electron chi connectivity index (χ2n) is 3.62. The Kier molecular flexibility index (Phi) is 4.03. The molecule has 0 spiro atoms. The van der Waals surface area contributed by atoms with Crippen LogP contribution in [0.3, 0.4) is 0 Å². The second kappa shape index (κ2) is 5.07. The molecule has 2 nitrogen and oxygen atoms in total. The van der Waals surface area contributed by atoms with Gasteiger partial charge in [0.15, 0.2) is 0 Å². The highest BCUT2D eigenvalue weighted by molar-refractivity contribution is 4.99. The number of rotatable bonds is 5. The fourth-order valence-corrected chi connectivity index (χ4v) is 1.48. The van der Waals surface area contributed by atoms with Gasteiger partial charge in [0, 0.05) is 6.42 Å². The van der Waals surface area contributed by atoms with Crippen LogP contribution in [-0.2, 0) is 6.42 Å². The average molecular weight is 182 g/mol. The van der Waals surface area contributed by atoms with Crippen LogP contribution >= 0.6 is 0 Å². The number of hydrogen-bond donors (Lipinski definition) is 1. The van der Waals surface area contributed by atoms with Crippen molar-refractivity contribution in [1.29, 1.82) is 0 Å². The van der Waals surface area contributed by atoms with Crippen molar-refractivity contribution < 1.29 is 9.52 Å². The van der Waals surface area contributed by atoms with E-state index in [2.05, 4.69) is 13.8 Å². The highest BCUT2D eigenvalue weighted by atomic mass is 16.3. The molecule has 2 atom stereocenters. The van der Waals surface area contributed by atoms with Crippen molar-refractivity contribution in [2.75, 3.05) is 0 Å². The topological polar surface area (TPSA) is 33.4 Å². The third kappa shape index (κ3) is 3.23. The van der Waals surface area contributed by atoms with Crippen molar-refractivity contribution in [1.82, 2.24) is 0 Å². The van der Waals surface area contributed by atoms with Gasteiger partial charge in [-0.05, 0) is 24.5 Å². The fraction of sp³-hybridized carbons (Fsp3) is 0.636. The van der Waals surface area contributed by atoms with Gasteiger partial charge in [-0.3, -0.25) is 0 Å². The quantitative estimate of drug-likeness (QED) is 0.759. The Morgan fingerprint density at radius 3 is 2.85 bits per heavy atom. The van der Waals surface area contributed by atoms with Gasteiger partial charge < -0.3 is 9.52 Å². The summed E-state index contributed by atoms with van der Waals surface area (Å²) in [5, 5.41) is 9.76. The normalized spacial score (nSPS) is 15.6. The number of aliphatic hydroxyl groups is 1. The summed E-state index contributed by atoms with van der Waals surface area (Å²) < 4.78 is 5.17. The predicted molar refractivity (Wildman–Crippen MR) is 52.5 cm³/mol. The SMILES string of the molecule is CCCC(C)C(O)Cc1ccco1. The molecule has 0 aliphatic heterocycles. The van der Waals surface area contributed by atoms with E-state index in [4.69, 9.17) is 4.42 Å². The molecule has 2 unspecified atom stereocenters. The van der Waals surface area contributed by atoms with E-state index < -0.39 is 0 Å². The maximum atomic E-state index is 9.76. The summed E-state index contributed by atoms with van der Waals surface area (Å²) in [6.07, 6.45) is 4.20. The monoisotopic (exact) mass is 182 g/mol. The molecule has 74 valence electrons. The van der Waals surface area contributed by atoms with E-state index in [-0.39, 0.29) is 6.10 Å². The first-order valence-electron chi connectivity index (χ1n) is 4.94. The van der Waals surface area contributed by atoms with E-state index in [1.807, 2.05) is 12.1 Å².